The van der Waals surface area contributed by atoms with Crippen molar-refractivity contribution in [1.82, 2.24) is 19.8 Å². The van der Waals surface area contributed by atoms with E-state index in [1.165, 1.54) is 37.9 Å². The molecule has 3 rings (SSSR count). The third-order valence-electron chi connectivity index (χ3n) is 4.73. The minimum atomic E-state index is 0.859. The Labute approximate surface area is 127 Å². The first-order chi connectivity index (χ1) is 10.2. The summed E-state index contributed by atoms with van der Waals surface area (Å²) >= 11 is 0. The Morgan fingerprint density at radius 2 is 1.95 bits per heavy atom. The lowest BCUT2D eigenvalue weighted by molar-refractivity contribution is 0.211. The highest BCUT2D eigenvalue weighted by atomic mass is 15.1. The van der Waals surface area contributed by atoms with Gasteiger partial charge >= 0.3 is 0 Å². The number of hydrogen-bond donors (Lipinski definition) is 1. The molecule has 1 aliphatic heterocycles. The van der Waals surface area contributed by atoms with Crippen LogP contribution in [0.25, 0.3) is 11.0 Å². The largest absolute Gasteiger partial charge is 0.330 e. The Bertz CT molecular complexity index is 581. The molecule has 1 saturated heterocycles. The first-order valence-corrected chi connectivity index (χ1v) is 8.03. The molecule has 1 fully saturated rings. The molecular weight excluding hydrogens is 260 g/mol. The summed E-state index contributed by atoms with van der Waals surface area (Å²) in [6, 6.07) is 8.33. The van der Waals surface area contributed by atoms with E-state index in [0.29, 0.717) is 0 Å². The minimum absolute atomic E-state index is 0.859. The molecule has 2 heterocycles. The molecule has 0 radical (unpaired) electrons. The number of imidazole rings is 1. The molecule has 1 aliphatic rings. The van der Waals surface area contributed by atoms with Gasteiger partial charge in [-0.1, -0.05) is 12.1 Å². The van der Waals surface area contributed by atoms with Crippen molar-refractivity contribution < 1.29 is 0 Å². The fourth-order valence-corrected chi connectivity index (χ4v) is 3.21. The summed E-state index contributed by atoms with van der Waals surface area (Å²) in [6.45, 7) is 4.47. The van der Waals surface area contributed by atoms with Crippen molar-refractivity contribution in [1.29, 1.82) is 0 Å². The second-order valence-electron chi connectivity index (χ2n) is 6.29. The maximum Gasteiger partial charge on any atom is 0.123 e. The fraction of sp³-hybridized carbons (Fsp3) is 0.588. The zero-order valence-corrected chi connectivity index (χ0v) is 13.2. The van der Waals surface area contributed by atoms with Crippen molar-refractivity contribution >= 4 is 11.0 Å². The van der Waals surface area contributed by atoms with E-state index in [1.807, 2.05) is 6.07 Å². The molecule has 0 atom stereocenters. The number of nitrogens with one attached hydrogen (secondary N) is 1. The van der Waals surface area contributed by atoms with E-state index in [9.17, 15) is 0 Å². The Morgan fingerprint density at radius 3 is 2.71 bits per heavy atom. The van der Waals surface area contributed by atoms with Crippen LogP contribution in [0.15, 0.2) is 24.3 Å². The molecule has 4 heteroatoms. The first kappa shape index (κ1) is 14.5. The van der Waals surface area contributed by atoms with E-state index in [2.05, 4.69) is 47.1 Å². The number of rotatable bonds is 5. The van der Waals surface area contributed by atoms with Gasteiger partial charge in [0, 0.05) is 7.05 Å². The summed E-state index contributed by atoms with van der Waals surface area (Å²) in [7, 11) is 4.32. The zero-order valence-electron chi connectivity index (χ0n) is 13.2. The number of hydrogen-bond acceptors (Lipinski definition) is 3. The molecule has 0 unspecified atom stereocenters. The van der Waals surface area contributed by atoms with Crippen LogP contribution in [0.3, 0.4) is 0 Å². The fourth-order valence-electron chi connectivity index (χ4n) is 3.21. The Kier molecular flexibility index (Phi) is 4.56. The lowest BCUT2D eigenvalue weighted by Crippen LogP contribution is -2.31. The van der Waals surface area contributed by atoms with Gasteiger partial charge in [0.2, 0.25) is 0 Å². The van der Waals surface area contributed by atoms with Crippen LogP contribution in [0.5, 0.6) is 0 Å². The number of aryl methyl sites for hydroxylation is 1. The van der Waals surface area contributed by atoms with Gasteiger partial charge in [0.25, 0.3) is 0 Å². The maximum atomic E-state index is 4.70. The number of nitrogens with zero attached hydrogens (tertiary/aromatic N) is 3. The number of aromatic nitrogens is 2. The van der Waals surface area contributed by atoms with Crippen LogP contribution in [-0.4, -0.2) is 41.1 Å². The number of para-hydroxylation sites is 2. The molecule has 114 valence electrons. The summed E-state index contributed by atoms with van der Waals surface area (Å²) in [5, 5.41) is 3.57. The van der Waals surface area contributed by atoms with Crippen LogP contribution >= 0.6 is 0 Å². The average Bonchev–Trinajstić information content (AvgIpc) is 2.82. The van der Waals surface area contributed by atoms with Crippen molar-refractivity contribution in [3.8, 4) is 0 Å². The van der Waals surface area contributed by atoms with Crippen molar-refractivity contribution in [3.63, 3.8) is 0 Å². The Balaban J connectivity index is 1.47. The molecule has 4 nitrogen and oxygen atoms in total. The quantitative estimate of drug-likeness (QED) is 0.857. The third kappa shape index (κ3) is 3.44. The van der Waals surface area contributed by atoms with Crippen LogP contribution in [-0.2, 0) is 13.6 Å². The predicted octanol–water partition coefficient (Wildman–Crippen LogP) is 2.39. The van der Waals surface area contributed by atoms with Gasteiger partial charge in [-0.15, -0.1) is 0 Å². The van der Waals surface area contributed by atoms with Crippen molar-refractivity contribution in [3.05, 3.63) is 30.1 Å². The van der Waals surface area contributed by atoms with Gasteiger partial charge in [-0.3, -0.25) is 0 Å². The summed E-state index contributed by atoms with van der Waals surface area (Å²) < 4.78 is 2.19. The van der Waals surface area contributed by atoms with Crippen molar-refractivity contribution in [2.24, 2.45) is 13.0 Å². The van der Waals surface area contributed by atoms with Gasteiger partial charge < -0.3 is 14.8 Å². The van der Waals surface area contributed by atoms with Crippen LogP contribution in [0, 0.1) is 5.92 Å². The molecule has 21 heavy (non-hydrogen) atoms. The molecule has 0 spiro atoms. The van der Waals surface area contributed by atoms with E-state index < -0.39 is 0 Å². The van der Waals surface area contributed by atoms with Crippen LogP contribution < -0.4 is 5.32 Å². The normalized spacial score (nSPS) is 17.6. The summed E-state index contributed by atoms with van der Waals surface area (Å²) in [5.41, 5.74) is 2.30. The molecule has 0 bridgehead atoms. The summed E-state index contributed by atoms with van der Waals surface area (Å²) in [4.78, 5) is 7.13. The van der Waals surface area contributed by atoms with Crippen LogP contribution in [0.2, 0.25) is 0 Å². The number of likely N-dealkylation sites (tertiary alicyclic amines) is 1. The second kappa shape index (κ2) is 6.58. The average molecular weight is 286 g/mol. The maximum absolute atomic E-state index is 4.70. The molecule has 1 aromatic heterocycles. The van der Waals surface area contributed by atoms with Crippen LogP contribution in [0.1, 0.15) is 25.1 Å². The van der Waals surface area contributed by atoms with Gasteiger partial charge in [-0.05, 0) is 64.0 Å². The van der Waals surface area contributed by atoms with E-state index in [-0.39, 0.29) is 0 Å². The lowest BCUT2D eigenvalue weighted by atomic mass is 9.94. The minimum Gasteiger partial charge on any atom is -0.330 e. The van der Waals surface area contributed by atoms with Crippen molar-refractivity contribution in [2.75, 3.05) is 26.7 Å². The zero-order chi connectivity index (χ0) is 14.7. The molecule has 2 aromatic rings. The highest BCUT2D eigenvalue weighted by Gasteiger charge is 2.16. The van der Waals surface area contributed by atoms with E-state index >= 15 is 0 Å². The van der Waals surface area contributed by atoms with Gasteiger partial charge in [-0.2, -0.15) is 0 Å². The lowest BCUT2D eigenvalue weighted by Gasteiger charge is -2.28. The first-order valence-electron chi connectivity index (χ1n) is 8.03. The molecule has 1 aromatic carbocycles. The molecular formula is C17H26N4. The third-order valence-corrected chi connectivity index (χ3v) is 4.73. The Morgan fingerprint density at radius 1 is 1.19 bits per heavy atom. The highest BCUT2D eigenvalue weighted by molar-refractivity contribution is 5.75. The summed E-state index contributed by atoms with van der Waals surface area (Å²) in [6.07, 6.45) is 3.99. The SMILES string of the molecule is CN1CCC(CCNCc2nc3ccccc3n2C)CC1. The predicted molar refractivity (Wildman–Crippen MR) is 87.3 cm³/mol. The number of benzene rings is 1. The number of piperidine rings is 1. The summed E-state index contributed by atoms with van der Waals surface area (Å²) in [5.74, 6) is 2.02. The van der Waals surface area contributed by atoms with Crippen molar-refractivity contribution in [2.45, 2.75) is 25.8 Å². The van der Waals surface area contributed by atoms with E-state index in [0.717, 1.165) is 30.3 Å². The molecule has 0 saturated carbocycles. The molecule has 1 N–H and O–H groups in total. The monoisotopic (exact) mass is 286 g/mol. The van der Waals surface area contributed by atoms with Gasteiger partial charge in [0.1, 0.15) is 5.82 Å². The van der Waals surface area contributed by atoms with Gasteiger partial charge in [0.15, 0.2) is 0 Å². The number of fused-ring (bicyclic) bond motifs is 1. The molecule has 0 amide bonds. The Hall–Kier alpha value is -1.39. The topological polar surface area (TPSA) is 33.1 Å². The molecule has 0 aliphatic carbocycles. The van der Waals surface area contributed by atoms with Gasteiger partial charge in [0.05, 0.1) is 17.6 Å². The second-order valence-corrected chi connectivity index (χ2v) is 6.29. The standard InChI is InChI=1S/C17H26N4/c1-20-11-8-14(9-12-20)7-10-18-13-17-19-15-5-3-4-6-16(15)21(17)2/h3-6,14,18H,7-13H2,1-2H3. The van der Waals surface area contributed by atoms with E-state index in [4.69, 9.17) is 4.98 Å². The highest BCUT2D eigenvalue weighted by Crippen LogP contribution is 2.19. The van der Waals surface area contributed by atoms with E-state index in [1.54, 1.807) is 0 Å². The smallest absolute Gasteiger partial charge is 0.123 e. The van der Waals surface area contributed by atoms with Gasteiger partial charge in [-0.25, -0.2) is 4.98 Å². The van der Waals surface area contributed by atoms with Crippen LogP contribution in [0.4, 0.5) is 0 Å².